The van der Waals surface area contributed by atoms with Crippen LogP contribution in [0.1, 0.15) is 72.8 Å². The first kappa shape index (κ1) is 38.9. The van der Waals surface area contributed by atoms with Gasteiger partial charge in [0.25, 0.3) is 11.7 Å². The topological polar surface area (TPSA) is 241 Å². The minimum Gasteiger partial charge on any atom is -0.494 e. The van der Waals surface area contributed by atoms with Crippen molar-refractivity contribution >= 4 is 57.6 Å². The van der Waals surface area contributed by atoms with Gasteiger partial charge in [-0.1, -0.05) is 12.2 Å². The van der Waals surface area contributed by atoms with Gasteiger partial charge in [-0.25, -0.2) is 9.97 Å². The van der Waals surface area contributed by atoms with Crippen molar-refractivity contribution in [3.8, 4) is 11.4 Å². The number of benzene rings is 2. The van der Waals surface area contributed by atoms with Crippen molar-refractivity contribution in [3.05, 3.63) is 76.1 Å². The Hall–Kier alpha value is -6.93. The van der Waals surface area contributed by atoms with Crippen molar-refractivity contribution in [2.45, 2.75) is 60.4 Å². The second kappa shape index (κ2) is 15.4. The highest BCUT2D eigenvalue weighted by atomic mass is 16.5. The fourth-order valence-corrected chi connectivity index (χ4v) is 7.91. The van der Waals surface area contributed by atoms with E-state index in [1.165, 1.54) is 13.2 Å². The van der Waals surface area contributed by atoms with Crippen LogP contribution in [-0.4, -0.2) is 101 Å². The summed E-state index contributed by atoms with van der Waals surface area (Å²) in [6.45, 7) is 11.3. The van der Waals surface area contributed by atoms with Crippen molar-refractivity contribution in [1.82, 2.24) is 43.6 Å². The average Bonchev–Trinajstić information content (AvgIpc) is 3.95. The minimum atomic E-state index is -0.666. The Morgan fingerprint density at radius 1 is 0.831 bits per heavy atom. The number of primary amides is 2. The number of allylic oxidation sites excluding steroid dienone is 2. The number of ether oxygens (including phenoxy) is 2. The van der Waals surface area contributed by atoms with Gasteiger partial charge in [-0.2, -0.15) is 9.67 Å². The van der Waals surface area contributed by atoms with Crippen LogP contribution in [0.15, 0.2) is 36.4 Å². The number of nitrogens with zero attached hydrogens (tertiary/aromatic N) is 10. The molecular weight excluding hydrogens is 761 g/mol. The van der Waals surface area contributed by atoms with Crippen LogP contribution in [0.2, 0.25) is 0 Å². The lowest BCUT2D eigenvalue weighted by atomic mass is 10.1. The number of carbonyl (C=O) groups excluding carboxylic acids is 4. The summed E-state index contributed by atoms with van der Waals surface area (Å²) in [5.41, 5.74) is 15.8. The summed E-state index contributed by atoms with van der Waals surface area (Å²) in [6.07, 6.45) is 3.79. The molecule has 4 aromatic heterocycles. The normalized spacial score (nSPS) is 15.6. The molecule has 0 aliphatic carbocycles. The number of aromatic nitrogens is 9. The van der Waals surface area contributed by atoms with E-state index < -0.39 is 23.6 Å². The molecule has 0 bridgehead atoms. The molecule has 59 heavy (non-hydrogen) atoms. The first-order chi connectivity index (χ1) is 28.4. The van der Waals surface area contributed by atoms with E-state index in [4.69, 9.17) is 41.1 Å². The SMILES string of the molecule is CCn1nc(C)c2c1C(=O)Nc1nc3cc(C(N)=O)cc(CN4CCOCC4)c3n1C/C=C/Cn1c(nc3cc(C(N)=O)cc(OC)c31)NC(=O)c1n(CC)nc(C)[n+]1-2. The minimum absolute atomic E-state index is 0.114. The second-order valence-electron chi connectivity index (χ2n) is 14.3. The van der Waals surface area contributed by atoms with Gasteiger partial charge >= 0.3 is 11.7 Å². The van der Waals surface area contributed by atoms with Crippen LogP contribution in [0.3, 0.4) is 0 Å². The van der Waals surface area contributed by atoms with Gasteiger partial charge in [0.15, 0.2) is 11.4 Å². The molecule has 6 N–H and O–H groups in total. The molecule has 1 saturated heterocycles. The number of nitrogens with two attached hydrogens (primary N) is 2. The molecule has 2 aliphatic rings. The third-order valence-electron chi connectivity index (χ3n) is 10.6. The summed E-state index contributed by atoms with van der Waals surface area (Å²) in [5, 5.41) is 15.5. The summed E-state index contributed by atoms with van der Waals surface area (Å²) in [6, 6.07) is 6.49. The number of rotatable bonds is 7. The first-order valence-corrected chi connectivity index (χ1v) is 19.3. The lowest BCUT2D eigenvalue weighted by molar-refractivity contribution is -0.606. The molecule has 0 unspecified atom stereocenters. The van der Waals surface area contributed by atoms with E-state index in [9.17, 15) is 19.2 Å². The quantitative estimate of drug-likeness (QED) is 0.134. The largest absolute Gasteiger partial charge is 0.494 e. The zero-order valence-electron chi connectivity index (χ0n) is 33.4. The van der Waals surface area contributed by atoms with Crippen LogP contribution in [-0.2, 0) is 37.5 Å². The Morgan fingerprint density at radius 2 is 1.42 bits per heavy atom. The summed E-state index contributed by atoms with van der Waals surface area (Å²) < 4.78 is 19.7. The number of fused-ring (bicyclic) bond motifs is 9. The number of hydrogen-bond donors (Lipinski definition) is 4. The van der Waals surface area contributed by atoms with Gasteiger partial charge in [-0.15, -0.1) is 4.68 Å². The maximum absolute atomic E-state index is 14.7. The van der Waals surface area contributed by atoms with Crippen LogP contribution in [0, 0.1) is 13.8 Å². The van der Waals surface area contributed by atoms with Crippen molar-refractivity contribution in [1.29, 1.82) is 0 Å². The van der Waals surface area contributed by atoms with Crippen LogP contribution in [0.5, 0.6) is 5.75 Å². The Labute approximate surface area is 337 Å². The van der Waals surface area contributed by atoms with Gasteiger partial charge in [-0.3, -0.25) is 39.4 Å². The Morgan fingerprint density at radius 3 is 2.03 bits per heavy atom. The number of carbonyl (C=O) groups is 4. The number of nitrogens with one attached hydrogen (secondary N) is 2. The fraction of sp³-hybridized carbons (Fsp3) is 0.359. The molecule has 4 amide bonds. The smallest absolute Gasteiger partial charge is 0.331 e. The third kappa shape index (κ3) is 6.84. The molecular formula is C39H45N14O6+. The Bertz CT molecular complexity index is 2730. The molecule has 306 valence electrons. The van der Waals surface area contributed by atoms with E-state index in [0.29, 0.717) is 91.0 Å². The standard InChI is InChI=1S/C39H44N14O6/c1-6-51-32-29(21(3)46-51)53-22(4)47-52(7-2)37(53)36(57)45-39-43-27-18-24(34(41)55)19-28(58-5)31(27)50(39)11-9-8-10-49-30-25(20-48-12-14-59-15-13-48)16-23(33(40)54)17-26(30)42-38(49)44-35(32)56/h8-9,16-19H,6-7,10-15,20H2,1-5H3,(H5-,40,41,42,43,44,45,54,55,56,57)/p+1/b9-8+. The monoisotopic (exact) mass is 805 g/mol. The molecule has 0 radical (unpaired) electrons. The predicted octanol–water partition coefficient (Wildman–Crippen LogP) is 1.83. The number of amides is 4. The first-order valence-electron chi connectivity index (χ1n) is 19.3. The molecule has 2 aromatic carbocycles. The molecule has 8 rings (SSSR count). The zero-order valence-corrected chi connectivity index (χ0v) is 33.4. The van der Waals surface area contributed by atoms with Crippen LogP contribution in [0.25, 0.3) is 27.8 Å². The number of aryl methyl sites for hydroxylation is 4. The van der Waals surface area contributed by atoms with Gasteiger partial charge < -0.3 is 30.1 Å². The lowest BCUT2D eigenvalue weighted by Gasteiger charge is -2.27. The summed E-state index contributed by atoms with van der Waals surface area (Å²) in [5.74, 6) is -1.12. The number of anilines is 2. The van der Waals surface area contributed by atoms with Crippen molar-refractivity contribution < 1.29 is 33.2 Å². The van der Waals surface area contributed by atoms with Crippen LogP contribution in [0.4, 0.5) is 11.9 Å². The van der Waals surface area contributed by atoms with E-state index in [1.54, 1.807) is 50.5 Å². The molecule has 20 nitrogen and oxygen atoms in total. The van der Waals surface area contributed by atoms with Gasteiger partial charge in [0.1, 0.15) is 17.8 Å². The number of imidazole rings is 2. The lowest BCUT2D eigenvalue weighted by Crippen LogP contribution is -2.44. The molecule has 6 aromatic rings. The van der Waals surface area contributed by atoms with Gasteiger partial charge in [0.05, 0.1) is 42.6 Å². The Balaban J connectivity index is 1.38. The highest BCUT2D eigenvalue weighted by Crippen LogP contribution is 2.32. The molecule has 6 heterocycles. The molecule has 0 spiro atoms. The summed E-state index contributed by atoms with van der Waals surface area (Å²) in [7, 11) is 1.48. The number of methoxy groups -OCH3 is 1. The van der Waals surface area contributed by atoms with Gasteiger partial charge in [0.2, 0.25) is 23.7 Å². The average molecular weight is 806 g/mol. The maximum Gasteiger partial charge on any atom is 0.331 e. The summed E-state index contributed by atoms with van der Waals surface area (Å²) in [4.78, 5) is 66.2. The highest BCUT2D eigenvalue weighted by Gasteiger charge is 2.37. The second-order valence-corrected chi connectivity index (χ2v) is 14.3. The number of morpholine rings is 1. The van der Waals surface area contributed by atoms with Crippen molar-refractivity contribution in [2.24, 2.45) is 11.5 Å². The predicted molar refractivity (Wildman–Crippen MR) is 215 cm³/mol. The van der Waals surface area contributed by atoms with Crippen LogP contribution < -0.4 is 31.4 Å². The van der Waals surface area contributed by atoms with Crippen molar-refractivity contribution in [2.75, 3.05) is 44.0 Å². The molecule has 20 heteroatoms. The zero-order chi connectivity index (χ0) is 41.7. The molecule has 0 saturated carbocycles. The van der Waals surface area contributed by atoms with E-state index in [2.05, 4.69) is 15.5 Å². The molecule has 1 fully saturated rings. The van der Waals surface area contributed by atoms with E-state index >= 15 is 0 Å². The summed E-state index contributed by atoms with van der Waals surface area (Å²) >= 11 is 0. The third-order valence-corrected chi connectivity index (χ3v) is 10.6. The highest BCUT2D eigenvalue weighted by molar-refractivity contribution is 6.06. The number of hydrogen-bond acceptors (Lipinski definition) is 11. The maximum atomic E-state index is 14.7. The van der Waals surface area contributed by atoms with E-state index in [-0.39, 0.29) is 47.6 Å². The van der Waals surface area contributed by atoms with Crippen LogP contribution >= 0.6 is 0 Å². The van der Waals surface area contributed by atoms with Gasteiger partial charge in [0, 0.05) is 62.4 Å². The van der Waals surface area contributed by atoms with Crippen molar-refractivity contribution in [3.63, 3.8) is 0 Å². The van der Waals surface area contributed by atoms with E-state index in [0.717, 1.165) is 5.56 Å². The fourth-order valence-electron chi connectivity index (χ4n) is 7.91. The molecule has 0 atom stereocenters. The molecule has 2 aliphatic heterocycles. The van der Waals surface area contributed by atoms with Gasteiger partial charge in [-0.05, 0) is 50.6 Å². The van der Waals surface area contributed by atoms with E-state index in [1.807, 2.05) is 30.6 Å². The Kier molecular flexibility index (Phi) is 10.2.